The van der Waals surface area contributed by atoms with Gasteiger partial charge >= 0.3 is 0 Å². The van der Waals surface area contributed by atoms with E-state index in [9.17, 15) is 20.4 Å². The highest BCUT2D eigenvalue weighted by atomic mass is 16.5. The topological polar surface area (TPSA) is 90.2 Å². The third-order valence-corrected chi connectivity index (χ3v) is 6.15. The first-order chi connectivity index (χ1) is 13.9. The normalized spacial score (nSPS) is 36.4. The smallest absolute Gasteiger partial charge is 0.113 e. The third-order valence-electron chi connectivity index (χ3n) is 6.15. The number of ether oxygens (including phenoxy) is 1. The fourth-order valence-electron chi connectivity index (χ4n) is 4.46. The minimum Gasteiger partial charge on any atom is -0.394 e. The Kier molecular flexibility index (Phi) is 5.60. The van der Waals surface area contributed by atoms with E-state index in [1.54, 1.807) is 0 Å². The van der Waals surface area contributed by atoms with Crippen LogP contribution in [-0.2, 0) is 11.2 Å². The number of aliphatic hydroxyl groups is 4. The molecule has 4 rings (SSSR count). The molecule has 5 heteroatoms. The lowest BCUT2D eigenvalue weighted by Crippen LogP contribution is -2.55. The lowest BCUT2D eigenvalue weighted by atomic mass is 9.82. The van der Waals surface area contributed by atoms with Crippen LogP contribution in [-0.4, -0.2) is 51.4 Å². The molecule has 1 aromatic carbocycles. The van der Waals surface area contributed by atoms with Gasteiger partial charge in [-0.15, -0.1) is 0 Å². The van der Waals surface area contributed by atoms with Crippen molar-refractivity contribution in [3.8, 4) is 0 Å². The van der Waals surface area contributed by atoms with Crippen molar-refractivity contribution in [1.82, 2.24) is 0 Å². The predicted molar refractivity (Wildman–Crippen MR) is 110 cm³/mol. The van der Waals surface area contributed by atoms with E-state index in [0.717, 1.165) is 18.4 Å². The second-order valence-corrected chi connectivity index (χ2v) is 8.40. The van der Waals surface area contributed by atoms with Crippen molar-refractivity contribution in [2.24, 2.45) is 5.41 Å². The lowest BCUT2D eigenvalue weighted by Gasteiger charge is -2.40. The molecular formula is C24H28O5. The van der Waals surface area contributed by atoms with Crippen molar-refractivity contribution in [3.63, 3.8) is 0 Å². The van der Waals surface area contributed by atoms with Gasteiger partial charge in [0.2, 0.25) is 0 Å². The molecule has 154 valence electrons. The highest BCUT2D eigenvalue weighted by molar-refractivity contribution is 5.49. The lowest BCUT2D eigenvalue weighted by molar-refractivity contribution is -0.231. The van der Waals surface area contributed by atoms with Crippen LogP contribution in [0.1, 0.15) is 30.6 Å². The van der Waals surface area contributed by atoms with Gasteiger partial charge in [-0.1, -0.05) is 67.6 Å². The summed E-state index contributed by atoms with van der Waals surface area (Å²) in [4.78, 5) is 0. The molecule has 2 aliphatic carbocycles. The van der Waals surface area contributed by atoms with E-state index in [2.05, 4.69) is 43.4 Å². The number of rotatable bonds is 4. The van der Waals surface area contributed by atoms with E-state index in [4.69, 9.17) is 4.74 Å². The Morgan fingerprint density at radius 3 is 2.72 bits per heavy atom. The zero-order valence-electron chi connectivity index (χ0n) is 16.5. The maximum atomic E-state index is 10.4. The average Bonchev–Trinajstić information content (AvgIpc) is 2.90. The van der Waals surface area contributed by atoms with Crippen LogP contribution in [0.4, 0.5) is 0 Å². The summed E-state index contributed by atoms with van der Waals surface area (Å²) in [6, 6.07) is 7.71. The molecule has 6 atom stereocenters. The quantitative estimate of drug-likeness (QED) is 0.626. The van der Waals surface area contributed by atoms with Gasteiger partial charge in [-0.3, -0.25) is 0 Å². The Morgan fingerprint density at radius 2 is 1.93 bits per heavy atom. The van der Waals surface area contributed by atoms with Crippen LogP contribution in [0, 0.1) is 5.41 Å². The standard InChI is InChI=1S/C24H28O5/c1-24-9-4-2-3-8-18(24)12-16(13-24)10-15-6-5-7-17(11-15)23-22(28)21(27)20(26)19(14-25)29-23/h2-8,11-13,19-23,25-28H,9-10,14H2,1H3/t19-,20-,21+,22-,23+,24?/m1/s1. The molecule has 1 aromatic rings. The Morgan fingerprint density at radius 1 is 1.10 bits per heavy atom. The molecule has 1 aliphatic heterocycles. The van der Waals surface area contributed by atoms with E-state index >= 15 is 0 Å². The molecule has 5 nitrogen and oxygen atoms in total. The van der Waals surface area contributed by atoms with Gasteiger partial charge in [0.05, 0.1) is 6.61 Å². The molecule has 0 spiro atoms. The maximum Gasteiger partial charge on any atom is 0.113 e. The molecule has 0 bridgehead atoms. The molecule has 0 radical (unpaired) electrons. The zero-order valence-corrected chi connectivity index (χ0v) is 16.5. The summed E-state index contributed by atoms with van der Waals surface area (Å²) in [6.45, 7) is 1.82. The van der Waals surface area contributed by atoms with Gasteiger partial charge in [0.25, 0.3) is 0 Å². The predicted octanol–water partition coefficient (Wildman–Crippen LogP) is 2.13. The Hall–Kier alpha value is -2.02. The highest BCUT2D eigenvalue weighted by Crippen LogP contribution is 2.42. The Bertz CT molecular complexity index is 881. The highest BCUT2D eigenvalue weighted by Gasteiger charge is 2.44. The van der Waals surface area contributed by atoms with Gasteiger partial charge in [-0.25, -0.2) is 0 Å². The summed E-state index contributed by atoms with van der Waals surface area (Å²) < 4.78 is 5.70. The molecule has 4 N–H and O–H groups in total. The summed E-state index contributed by atoms with van der Waals surface area (Å²) in [5.74, 6) is 0. The van der Waals surface area contributed by atoms with Crippen LogP contribution in [0.15, 0.2) is 71.9 Å². The van der Waals surface area contributed by atoms with Crippen molar-refractivity contribution in [1.29, 1.82) is 0 Å². The summed E-state index contributed by atoms with van der Waals surface area (Å²) in [5, 5.41) is 39.9. The monoisotopic (exact) mass is 396 g/mol. The van der Waals surface area contributed by atoms with Gasteiger partial charge in [0.15, 0.2) is 0 Å². The zero-order chi connectivity index (χ0) is 20.6. The summed E-state index contributed by atoms with van der Waals surface area (Å²) >= 11 is 0. The second kappa shape index (κ2) is 8.01. The first-order valence-electron chi connectivity index (χ1n) is 10.1. The molecular weight excluding hydrogens is 368 g/mol. The number of hydrogen-bond acceptors (Lipinski definition) is 5. The molecule has 0 aromatic heterocycles. The van der Waals surface area contributed by atoms with Gasteiger partial charge in [0, 0.05) is 5.41 Å². The van der Waals surface area contributed by atoms with E-state index in [-0.39, 0.29) is 5.41 Å². The van der Waals surface area contributed by atoms with E-state index < -0.39 is 37.1 Å². The van der Waals surface area contributed by atoms with Crippen LogP contribution < -0.4 is 0 Å². The molecule has 0 amide bonds. The van der Waals surface area contributed by atoms with Crippen molar-refractivity contribution in [2.45, 2.75) is 50.3 Å². The maximum absolute atomic E-state index is 10.4. The second-order valence-electron chi connectivity index (χ2n) is 8.40. The summed E-state index contributed by atoms with van der Waals surface area (Å²) in [6.07, 6.45) is 9.11. The Labute approximate surface area is 171 Å². The van der Waals surface area contributed by atoms with Gasteiger partial charge < -0.3 is 25.2 Å². The number of benzene rings is 1. The van der Waals surface area contributed by atoms with Crippen LogP contribution in [0.2, 0.25) is 0 Å². The minimum atomic E-state index is -1.37. The van der Waals surface area contributed by atoms with E-state index in [1.165, 1.54) is 11.1 Å². The van der Waals surface area contributed by atoms with Crippen LogP contribution in [0.3, 0.4) is 0 Å². The van der Waals surface area contributed by atoms with Gasteiger partial charge in [-0.2, -0.15) is 0 Å². The average molecular weight is 396 g/mol. The third kappa shape index (κ3) is 3.89. The van der Waals surface area contributed by atoms with E-state index in [1.807, 2.05) is 24.3 Å². The molecule has 0 saturated carbocycles. The Balaban J connectivity index is 1.55. The van der Waals surface area contributed by atoms with Crippen molar-refractivity contribution in [3.05, 3.63) is 83.0 Å². The van der Waals surface area contributed by atoms with Crippen LogP contribution in [0.5, 0.6) is 0 Å². The van der Waals surface area contributed by atoms with Crippen LogP contribution in [0.25, 0.3) is 0 Å². The largest absolute Gasteiger partial charge is 0.394 e. The number of aliphatic hydroxyl groups excluding tert-OH is 4. The molecule has 29 heavy (non-hydrogen) atoms. The fourth-order valence-corrected chi connectivity index (χ4v) is 4.46. The van der Waals surface area contributed by atoms with Gasteiger partial charge in [-0.05, 0) is 35.1 Å². The van der Waals surface area contributed by atoms with E-state index in [0.29, 0.717) is 5.56 Å². The first-order valence-corrected chi connectivity index (χ1v) is 10.1. The van der Waals surface area contributed by atoms with Crippen molar-refractivity contribution < 1.29 is 25.2 Å². The number of fused-ring (bicyclic) bond motifs is 1. The minimum absolute atomic E-state index is 0.0215. The van der Waals surface area contributed by atoms with Crippen molar-refractivity contribution >= 4 is 0 Å². The number of allylic oxidation sites excluding steroid dienone is 8. The SMILES string of the molecule is CC12C=C(Cc3cccc([C@@H]4O[C@H](CO)[C@@H](O)[C@H](O)[C@H]4O)c3)C=C1C=CC=CC2. The van der Waals surface area contributed by atoms with Gasteiger partial charge in [0.1, 0.15) is 30.5 Å². The summed E-state index contributed by atoms with van der Waals surface area (Å²) in [7, 11) is 0. The first kappa shape index (κ1) is 20.3. The van der Waals surface area contributed by atoms with Crippen molar-refractivity contribution in [2.75, 3.05) is 6.61 Å². The molecule has 1 saturated heterocycles. The fraction of sp³-hybridized carbons (Fsp3) is 0.417. The molecule has 1 heterocycles. The molecule has 1 fully saturated rings. The summed E-state index contributed by atoms with van der Waals surface area (Å²) in [5.41, 5.74) is 4.36. The molecule has 3 aliphatic rings. The molecule has 1 unspecified atom stereocenters. The number of hydrogen-bond donors (Lipinski definition) is 4. The van der Waals surface area contributed by atoms with Crippen LogP contribution >= 0.6 is 0 Å².